The van der Waals surface area contributed by atoms with Crippen molar-refractivity contribution in [3.8, 4) is 22.6 Å². The molecule has 5 heteroatoms. The molecule has 0 spiro atoms. The minimum atomic E-state index is -0.535. The Balaban J connectivity index is 1.14. The van der Waals surface area contributed by atoms with Gasteiger partial charge in [-0.1, -0.05) is 103 Å². The molecule has 0 radical (unpaired) electrons. The average molecular weight is 565 g/mol. The van der Waals surface area contributed by atoms with E-state index in [9.17, 15) is 9.59 Å². The van der Waals surface area contributed by atoms with Gasteiger partial charge >= 0.3 is 5.97 Å². The molecule has 0 aliphatic rings. The van der Waals surface area contributed by atoms with Crippen LogP contribution in [0.3, 0.4) is 0 Å². The molecule has 0 unspecified atom stereocenters. The molecule has 210 valence electrons. The van der Waals surface area contributed by atoms with Gasteiger partial charge in [-0.25, -0.2) is 4.79 Å². The topological polar surface area (TPSA) is 65.7 Å². The van der Waals surface area contributed by atoms with E-state index in [2.05, 4.69) is 0 Å². The van der Waals surface area contributed by atoms with E-state index in [0.717, 1.165) is 22.3 Å². The lowest BCUT2D eigenvalue weighted by Gasteiger charge is -2.07. The maximum atomic E-state index is 13.3. The van der Waals surface area contributed by atoms with Crippen LogP contribution in [0.15, 0.2) is 138 Å². The van der Waals surface area contributed by atoms with Crippen molar-refractivity contribution >= 4 is 28.8 Å². The summed E-state index contributed by atoms with van der Waals surface area (Å²) in [6.07, 6.45) is 3.22. The highest BCUT2D eigenvalue weighted by Crippen LogP contribution is 2.31. The Morgan fingerprint density at radius 1 is 0.721 bits per heavy atom. The van der Waals surface area contributed by atoms with Gasteiger partial charge in [-0.15, -0.1) is 0 Å². The molecule has 0 N–H and O–H groups in total. The minimum absolute atomic E-state index is 0.118. The molecule has 6 rings (SSSR count). The first-order valence-electron chi connectivity index (χ1n) is 13.9. The van der Waals surface area contributed by atoms with Crippen LogP contribution in [-0.2, 0) is 6.61 Å². The number of aryl methyl sites for hydroxylation is 1. The number of hydrogen-bond acceptors (Lipinski definition) is 5. The fourth-order valence-electron chi connectivity index (χ4n) is 4.85. The SMILES string of the molecule is Cc1oc2ccc(OCc3ccccc3)cc2c1C(=O)Oc1cccc(/C=C/C(=O)c2ccc(-c3ccccc3)cc2)c1. The van der Waals surface area contributed by atoms with Crippen LogP contribution in [0, 0.1) is 6.92 Å². The number of ether oxygens (including phenoxy) is 2. The first-order valence-corrected chi connectivity index (χ1v) is 13.9. The molecule has 43 heavy (non-hydrogen) atoms. The summed E-state index contributed by atoms with van der Waals surface area (Å²) in [5.41, 5.74) is 5.42. The molecular weight excluding hydrogens is 536 g/mol. The van der Waals surface area contributed by atoms with E-state index < -0.39 is 5.97 Å². The van der Waals surface area contributed by atoms with E-state index in [1.807, 2.05) is 97.1 Å². The minimum Gasteiger partial charge on any atom is -0.489 e. The zero-order valence-electron chi connectivity index (χ0n) is 23.5. The second kappa shape index (κ2) is 12.5. The Morgan fingerprint density at radius 3 is 2.21 bits per heavy atom. The predicted octanol–water partition coefficient (Wildman–Crippen LogP) is 9.10. The second-order valence-electron chi connectivity index (χ2n) is 10.1. The molecule has 1 aromatic heterocycles. The highest BCUT2D eigenvalue weighted by Gasteiger charge is 2.21. The van der Waals surface area contributed by atoms with Crippen molar-refractivity contribution in [2.75, 3.05) is 0 Å². The monoisotopic (exact) mass is 564 g/mol. The van der Waals surface area contributed by atoms with Crippen molar-refractivity contribution in [2.24, 2.45) is 0 Å². The average Bonchev–Trinajstić information content (AvgIpc) is 3.39. The van der Waals surface area contributed by atoms with Crippen LogP contribution in [0.2, 0.25) is 0 Å². The summed E-state index contributed by atoms with van der Waals surface area (Å²) in [7, 11) is 0. The molecule has 0 amide bonds. The van der Waals surface area contributed by atoms with E-state index in [4.69, 9.17) is 13.9 Å². The molecule has 5 aromatic carbocycles. The van der Waals surface area contributed by atoms with Crippen LogP contribution in [0.1, 0.15) is 37.6 Å². The third-order valence-electron chi connectivity index (χ3n) is 7.06. The van der Waals surface area contributed by atoms with Gasteiger partial charge in [0.15, 0.2) is 5.78 Å². The lowest BCUT2D eigenvalue weighted by atomic mass is 10.0. The maximum Gasteiger partial charge on any atom is 0.347 e. The summed E-state index contributed by atoms with van der Waals surface area (Å²) in [6.45, 7) is 2.14. The molecule has 0 atom stereocenters. The largest absolute Gasteiger partial charge is 0.489 e. The normalized spacial score (nSPS) is 11.1. The number of furan rings is 1. The number of esters is 1. The van der Waals surface area contributed by atoms with Crippen LogP contribution in [0.5, 0.6) is 11.5 Å². The summed E-state index contributed by atoms with van der Waals surface area (Å²) in [6, 6.07) is 39.8. The molecule has 0 fully saturated rings. The quantitative estimate of drug-likeness (QED) is 0.0758. The zero-order valence-corrected chi connectivity index (χ0v) is 23.5. The summed E-state index contributed by atoms with van der Waals surface area (Å²) < 4.78 is 17.5. The van der Waals surface area contributed by atoms with Gasteiger partial charge in [0.25, 0.3) is 0 Å². The van der Waals surface area contributed by atoms with Gasteiger partial charge < -0.3 is 13.9 Å². The number of benzene rings is 5. The number of carbonyl (C=O) groups excluding carboxylic acids is 2. The number of ketones is 1. The molecule has 0 bridgehead atoms. The molecule has 6 aromatic rings. The van der Waals surface area contributed by atoms with Crippen molar-refractivity contribution in [3.63, 3.8) is 0 Å². The van der Waals surface area contributed by atoms with Crippen molar-refractivity contribution in [2.45, 2.75) is 13.5 Å². The number of carbonyl (C=O) groups is 2. The van der Waals surface area contributed by atoms with Gasteiger partial charge in [0.2, 0.25) is 0 Å². The van der Waals surface area contributed by atoms with Crippen molar-refractivity contribution < 1.29 is 23.5 Å². The number of fused-ring (bicyclic) bond motifs is 1. The van der Waals surface area contributed by atoms with Crippen LogP contribution < -0.4 is 9.47 Å². The summed E-state index contributed by atoms with van der Waals surface area (Å²) in [4.78, 5) is 26.1. The Hall–Kier alpha value is -5.68. The Kier molecular flexibility index (Phi) is 7.96. The fraction of sp³-hybridized carbons (Fsp3) is 0.0526. The van der Waals surface area contributed by atoms with E-state index in [-0.39, 0.29) is 5.78 Å². The zero-order chi connectivity index (χ0) is 29.6. The third kappa shape index (κ3) is 6.47. The van der Waals surface area contributed by atoms with Gasteiger partial charge in [-0.05, 0) is 65.6 Å². The van der Waals surface area contributed by atoms with E-state index in [1.165, 1.54) is 6.08 Å². The molecule has 1 heterocycles. The highest BCUT2D eigenvalue weighted by atomic mass is 16.5. The molecule has 0 aliphatic carbocycles. The standard InChI is InChI=1S/C38H28O5/c1-26-37(34-24-32(20-22-36(34)42-26)41-25-28-9-4-2-5-10-28)38(40)43-33-14-8-11-27(23-33)15-21-35(39)31-18-16-30(17-19-31)29-12-6-3-7-13-29/h2-24H,25H2,1H3/b21-15+. The van der Waals surface area contributed by atoms with Gasteiger partial charge in [0.05, 0.1) is 0 Å². The first-order chi connectivity index (χ1) is 21.0. The van der Waals surface area contributed by atoms with Crippen molar-refractivity contribution in [1.82, 2.24) is 0 Å². The lowest BCUT2D eigenvalue weighted by molar-refractivity contribution is 0.0734. The summed E-state index contributed by atoms with van der Waals surface area (Å²) >= 11 is 0. The van der Waals surface area contributed by atoms with E-state index >= 15 is 0 Å². The van der Waals surface area contributed by atoms with Crippen LogP contribution in [0.4, 0.5) is 0 Å². The Labute approximate surface area is 249 Å². The third-order valence-corrected chi connectivity index (χ3v) is 7.06. The Morgan fingerprint density at radius 2 is 1.44 bits per heavy atom. The molecule has 0 saturated heterocycles. The first kappa shape index (κ1) is 27.5. The van der Waals surface area contributed by atoms with Crippen molar-refractivity contribution in [1.29, 1.82) is 0 Å². The summed E-state index contributed by atoms with van der Waals surface area (Å²) in [5.74, 6) is 0.787. The van der Waals surface area contributed by atoms with Gasteiger partial charge in [0, 0.05) is 10.9 Å². The molecular formula is C38H28O5. The molecule has 0 aliphatic heterocycles. The van der Waals surface area contributed by atoms with E-state index in [1.54, 1.807) is 43.3 Å². The lowest BCUT2D eigenvalue weighted by Crippen LogP contribution is -2.09. The van der Waals surface area contributed by atoms with Gasteiger partial charge in [0.1, 0.15) is 35.0 Å². The summed E-state index contributed by atoms with van der Waals surface area (Å²) in [5, 5.41) is 0.619. The second-order valence-corrected chi connectivity index (χ2v) is 10.1. The van der Waals surface area contributed by atoms with Gasteiger partial charge in [-0.2, -0.15) is 0 Å². The van der Waals surface area contributed by atoms with Crippen LogP contribution >= 0.6 is 0 Å². The number of rotatable bonds is 9. The van der Waals surface area contributed by atoms with Gasteiger partial charge in [-0.3, -0.25) is 4.79 Å². The highest BCUT2D eigenvalue weighted by molar-refractivity contribution is 6.07. The van der Waals surface area contributed by atoms with Crippen molar-refractivity contribution in [3.05, 3.63) is 161 Å². The number of hydrogen-bond donors (Lipinski definition) is 0. The molecule has 5 nitrogen and oxygen atoms in total. The maximum absolute atomic E-state index is 13.3. The number of allylic oxidation sites excluding steroid dienone is 1. The van der Waals surface area contributed by atoms with Crippen LogP contribution in [0.25, 0.3) is 28.2 Å². The molecule has 0 saturated carbocycles. The van der Waals surface area contributed by atoms with Crippen LogP contribution in [-0.4, -0.2) is 11.8 Å². The van der Waals surface area contributed by atoms with E-state index in [0.29, 0.717) is 46.0 Å². The predicted molar refractivity (Wildman–Crippen MR) is 168 cm³/mol. The Bertz CT molecular complexity index is 1920. The fourth-order valence-corrected chi connectivity index (χ4v) is 4.85. The smallest absolute Gasteiger partial charge is 0.347 e.